The van der Waals surface area contributed by atoms with E-state index in [2.05, 4.69) is 10.6 Å². The van der Waals surface area contributed by atoms with E-state index in [0.29, 0.717) is 38.8 Å². The molecule has 0 spiro atoms. The molecule has 168 valence electrons. The van der Waals surface area contributed by atoms with Crippen molar-refractivity contribution >= 4 is 11.8 Å². The molecule has 0 atom stereocenters. The zero-order chi connectivity index (χ0) is 22.7. The lowest BCUT2D eigenvalue weighted by Crippen LogP contribution is -2.42. The Hall–Kier alpha value is -3.02. The van der Waals surface area contributed by atoms with Crippen molar-refractivity contribution in [1.29, 1.82) is 0 Å². The Bertz CT molecular complexity index is 760. The fraction of sp³-hybridized carbons (Fsp3) is 0.440. The number of amides is 2. The van der Waals surface area contributed by atoms with Gasteiger partial charge in [-0.1, -0.05) is 38.1 Å². The van der Waals surface area contributed by atoms with Gasteiger partial charge in [-0.15, -0.1) is 0 Å². The number of carbonyl (C=O) groups excluding carboxylic acids is 2. The summed E-state index contributed by atoms with van der Waals surface area (Å²) in [7, 11) is 3.26. The molecule has 2 aromatic rings. The first-order valence-corrected chi connectivity index (χ1v) is 10.6. The van der Waals surface area contributed by atoms with Crippen LogP contribution in [0.3, 0.4) is 0 Å². The summed E-state index contributed by atoms with van der Waals surface area (Å²) in [6.07, 6.45) is 2.21. The van der Waals surface area contributed by atoms with Crippen molar-refractivity contribution in [2.75, 3.05) is 27.3 Å². The Labute approximate surface area is 185 Å². The van der Waals surface area contributed by atoms with Gasteiger partial charge in [0.15, 0.2) is 0 Å². The minimum absolute atomic E-state index is 0.00900. The lowest BCUT2D eigenvalue weighted by atomic mass is 9.93. The molecule has 0 heterocycles. The lowest BCUT2D eigenvalue weighted by Gasteiger charge is -2.25. The van der Waals surface area contributed by atoms with Crippen molar-refractivity contribution in [2.45, 2.75) is 39.5 Å². The van der Waals surface area contributed by atoms with Gasteiger partial charge in [-0.05, 0) is 53.6 Å². The van der Waals surface area contributed by atoms with Crippen molar-refractivity contribution < 1.29 is 19.1 Å². The Balaban J connectivity index is 1.65. The smallest absolute Gasteiger partial charge is 0.220 e. The number of nitrogens with one attached hydrogen (secondary N) is 2. The highest BCUT2D eigenvalue weighted by Crippen LogP contribution is 2.15. The van der Waals surface area contributed by atoms with Gasteiger partial charge >= 0.3 is 0 Å². The van der Waals surface area contributed by atoms with Crippen LogP contribution in [0.2, 0.25) is 0 Å². The van der Waals surface area contributed by atoms with Crippen LogP contribution in [0, 0.1) is 5.41 Å². The van der Waals surface area contributed by atoms with Crippen molar-refractivity contribution in [3.8, 4) is 11.5 Å². The molecule has 0 aliphatic carbocycles. The summed E-state index contributed by atoms with van der Waals surface area (Å²) < 4.78 is 10.3. The molecular formula is C25H34N2O4. The fourth-order valence-electron chi connectivity index (χ4n) is 3.02. The molecule has 0 fully saturated rings. The van der Waals surface area contributed by atoms with Gasteiger partial charge in [-0.2, -0.15) is 0 Å². The highest BCUT2D eigenvalue weighted by molar-refractivity contribution is 5.77. The van der Waals surface area contributed by atoms with E-state index in [4.69, 9.17) is 9.47 Å². The van der Waals surface area contributed by atoms with Crippen LogP contribution >= 0.6 is 0 Å². The monoisotopic (exact) mass is 426 g/mol. The van der Waals surface area contributed by atoms with E-state index < -0.39 is 0 Å². The number of hydrogen-bond acceptors (Lipinski definition) is 4. The maximum atomic E-state index is 12.2. The maximum absolute atomic E-state index is 12.2. The van der Waals surface area contributed by atoms with E-state index in [-0.39, 0.29) is 17.2 Å². The summed E-state index contributed by atoms with van der Waals surface area (Å²) in [6.45, 7) is 5.07. The molecule has 0 saturated carbocycles. The predicted molar refractivity (Wildman–Crippen MR) is 122 cm³/mol. The zero-order valence-corrected chi connectivity index (χ0v) is 19.0. The van der Waals surface area contributed by atoms with Crippen molar-refractivity contribution in [2.24, 2.45) is 5.41 Å². The molecule has 0 radical (unpaired) electrons. The first-order chi connectivity index (χ1) is 14.8. The standard InChI is InChI=1S/C25H34N2O4/c1-25(2,17-26-23(28)15-9-19-5-11-21(30-3)12-6-19)18-27-24(29)16-10-20-7-13-22(31-4)14-8-20/h5-8,11-14H,9-10,15-18H2,1-4H3,(H,26,28)(H,27,29). The molecule has 0 unspecified atom stereocenters. The predicted octanol–water partition coefficient (Wildman–Crippen LogP) is 3.53. The van der Waals surface area contributed by atoms with Gasteiger partial charge in [0.05, 0.1) is 14.2 Å². The van der Waals surface area contributed by atoms with Gasteiger partial charge in [0, 0.05) is 25.9 Å². The van der Waals surface area contributed by atoms with Crippen LogP contribution in [0.1, 0.15) is 37.8 Å². The summed E-state index contributed by atoms with van der Waals surface area (Å²) >= 11 is 0. The number of benzene rings is 2. The van der Waals surface area contributed by atoms with E-state index in [1.807, 2.05) is 62.4 Å². The van der Waals surface area contributed by atoms with Crippen molar-refractivity contribution in [1.82, 2.24) is 10.6 Å². The second-order valence-electron chi connectivity index (χ2n) is 8.41. The molecule has 0 aliphatic rings. The van der Waals surface area contributed by atoms with Crippen LogP contribution < -0.4 is 20.1 Å². The number of hydrogen-bond donors (Lipinski definition) is 2. The van der Waals surface area contributed by atoms with Gasteiger partial charge in [0.1, 0.15) is 11.5 Å². The first kappa shape index (κ1) is 24.3. The number of ether oxygens (including phenoxy) is 2. The minimum atomic E-state index is -0.231. The molecule has 2 N–H and O–H groups in total. The third-order valence-corrected chi connectivity index (χ3v) is 5.13. The van der Waals surface area contributed by atoms with Crippen LogP contribution in [0.25, 0.3) is 0 Å². The van der Waals surface area contributed by atoms with Crippen LogP contribution in [-0.2, 0) is 22.4 Å². The summed E-state index contributed by atoms with van der Waals surface area (Å²) in [4.78, 5) is 24.4. The van der Waals surface area contributed by atoms with Crippen LogP contribution in [-0.4, -0.2) is 39.1 Å². The minimum Gasteiger partial charge on any atom is -0.497 e. The second kappa shape index (κ2) is 12.0. The van der Waals surface area contributed by atoms with Crippen LogP contribution in [0.15, 0.2) is 48.5 Å². The molecule has 2 aromatic carbocycles. The molecule has 2 rings (SSSR count). The van der Waals surface area contributed by atoms with E-state index in [1.54, 1.807) is 14.2 Å². The summed E-state index contributed by atoms with van der Waals surface area (Å²) in [5.41, 5.74) is 1.96. The van der Waals surface area contributed by atoms with E-state index >= 15 is 0 Å². The number of carbonyl (C=O) groups is 2. The third-order valence-electron chi connectivity index (χ3n) is 5.13. The van der Waals surface area contributed by atoms with Gasteiger partial charge in [-0.25, -0.2) is 0 Å². The van der Waals surface area contributed by atoms with Crippen LogP contribution in [0.5, 0.6) is 11.5 Å². The first-order valence-electron chi connectivity index (χ1n) is 10.6. The highest BCUT2D eigenvalue weighted by Gasteiger charge is 2.20. The average Bonchev–Trinajstić information content (AvgIpc) is 2.79. The second-order valence-corrected chi connectivity index (χ2v) is 8.41. The fourth-order valence-corrected chi connectivity index (χ4v) is 3.02. The Morgan fingerprint density at radius 2 is 1.06 bits per heavy atom. The maximum Gasteiger partial charge on any atom is 0.220 e. The third kappa shape index (κ3) is 9.11. The highest BCUT2D eigenvalue weighted by atomic mass is 16.5. The lowest BCUT2D eigenvalue weighted by molar-refractivity contribution is -0.121. The Morgan fingerprint density at radius 1 is 0.710 bits per heavy atom. The molecule has 6 heteroatoms. The molecule has 0 saturated heterocycles. The van der Waals surface area contributed by atoms with Crippen molar-refractivity contribution in [3.05, 3.63) is 59.7 Å². The topological polar surface area (TPSA) is 76.7 Å². The number of aryl methyl sites for hydroxylation is 2. The molecule has 0 bridgehead atoms. The number of rotatable bonds is 12. The van der Waals surface area contributed by atoms with Crippen molar-refractivity contribution in [3.63, 3.8) is 0 Å². The largest absolute Gasteiger partial charge is 0.497 e. The van der Waals surface area contributed by atoms with Gasteiger partial charge in [0.2, 0.25) is 11.8 Å². The Kier molecular flexibility index (Phi) is 9.38. The molecule has 2 amide bonds. The molecule has 0 aliphatic heterocycles. The number of methoxy groups -OCH3 is 2. The summed E-state index contributed by atoms with van der Waals surface area (Å²) in [5, 5.41) is 5.96. The van der Waals surface area contributed by atoms with Gasteiger partial charge in [-0.3, -0.25) is 9.59 Å². The molecule has 31 heavy (non-hydrogen) atoms. The Morgan fingerprint density at radius 3 is 1.39 bits per heavy atom. The van der Waals surface area contributed by atoms with Gasteiger partial charge in [0.25, 0.3) is 0 Å². The van der Waals surface area contributed by atoms with E-state index in [1.165, 1.54) is 0 Å². The van der Waals surface area contributed by atoms with Crippen LogP contribution in [0.4, 0.5) is 0 Å². The van der Waals surface area contributed by atoms with E-state index in [9.17, 15) is 9.59 Å². The zero-order valence-electron chi connectivity index (χ0n) is 19.0. The summed E-state index contributed by atoms with van der Waals surface area (Å²) in [5.74, 6) is 1.63. The molecular weight excluding hydrogens is 392 g/mol. The molecule has 0 aromatic heterocycles. The van der Waals surface area contributed by atoms with Gasteiger partial charge < -0.3 is 20.1 Å². The normalized spacial score (nSPS) is 11.0. The SMILES string of the molecule is COc1ccc(CCC(=O)NCC(C)(C)CNC(=O)CCc2ccc(OC)cc2)cc1. The van der Waals surface area contributed by atoms with E-state index in [0.717, 1.165) is 22.6 Å². The quantitative estimate of drug-likeness (QED) is 0.544. The average molecular weight is 427 g/mol. The summed E-state index contributed by atoms with van der Waals surface area (Å²) in [6, 6.07) is 15.5. The molecule has 6 nitrogen and oxygen atoms in total.